The lowest BCUT2D eigenvalue weighted by Crippen LogP contribution is -2.33. The van der Waals surface area contributed by atoms with E-state index in [2.05, 4.69) is 36.5 Å². The Morgan fingerprint density at radius 2 is 1.88 bits per heavy atom. The van der Waals surface area contributed by atoms with Gasteiger partial charge in [-0.25, -0.2) is 4.79 Å². The Balaban J connectivity index is 2.24. The Labute approximate surface area is 167 Å². The first kappa shape index (κ1) is 22.5. The SMILES string of the molecule is COC(=O)NCCSSCCNC(=O)/C(Cc1ccc(O)c(Br)c1)=N/O. The number of alkyl carbamates (subject to hydrolysis) is 1. The molecule has 0 spiro atoms. The van der Waals surface area contributed by atoms with E-state index in [0.29, 0.717) is 29.1 Å². The van der Waals surface area contributed by atoms with Gasteiger partial charge in [-0.1, -0.05) is 32.8 Å². The number of phenols is 1. The Bertz CT molecular complexity index is 646. The summed E-state index contributed by atoms with van der Waals surface area (Å²) in [4.78, 5) is 22.9. The second kappa shape index (κ2) is 12.7. The molecule has 1 aromatic rings. The van der Waals surface area contributed by atoms with Crippen LogP contribution in [0.15, 0.2) is 27.8 Å². The Hall–Kier alpha value is -1.59. The number of methoxy groups -OCH3 is 1. The predicted octanol–water partition coefficient (Wildman–Crippen LogP) is 2.38. The number of hydrogen-bond donors (Lipinski definition) is 4. The monoisotopic (exact) mass is 465 g/mol. The summed E-state index contributed by atoms with van der Waals surface area (Å²) in [5, 5.41) is 26.8. The van der Waals surface area contributed by atoms with Crippen LogP contribution in [0.4, 0.5) is 4.79 Å². The largest absolute Gasteiger partial charge is 0.507 e. The minimum Gasteiger partial charge on any atom is -0.507 e. The highest BCUT2D eigenvalue weighted by molar-refractivity contribution is 9.10. The number of hydrogen-bond acceptors (Lipinski definition) is 8. The molecule has 0 aliphatic heterocycles. The van der Waals surface area contributed by atoms with E-state index in [1.54, 1.807) is 33.7 Å². The van der Waals surface area contributed by atoms with Crippen molar-refractivity contribution in [1.29, 1.82) is 0 Å². The van der Waals surface area contributed by atoms with Gasteiger partial charge in [0.05, 0.1) is 11.6 Å². The maximum atomic E-state index is 12.0. The quantitative estimate of drug-likeness (QED) is 0.137. The molecular formula is C15H20BrN3O5S2. The van der Waals surface area contributed by atoms with Gasteiger partial charge in [0.1, 0.15) is 11.5 Å². The van der Waals surface area contributed by atoms with Crippen molar-refractivity contribution < 1.29 is 24.6 Å². The van der Waals surface area contributed by atoms with Gasteiger partial charge in [-0.2, -0.15) is 0 Å². The van der Waals surface area contributed by atoms with Gasteiger partial charge < -0.3 is 25.7 Å². The first-order chi connectivity index (χ1) is 12.5. The molecule has 0 saturated heterocycles. The summed E-state index contributed by atoms with van der Waals surface area (Å²) < 4.78 is 4.95. The molecule has 2 amide bonds. The summed E-state index contributed by atoms with van der Waals surface area (Å²) in [7, 11) is 4.43. The molecule has 0 bridgehead atoms. The van der Waals surface area contributed by atoms with E-state index in [0.717, 1.165) is 5.56 Å². The van der Waals surface area contributed by atoms with E-state index >= 15 is 0 Å². The third-order valence-electron chi connectivity index (χ3n) is 2.96. The highest BCUT2D eigenvalue weighted by Crippen LogP contribution is 2.24. The average molecular weight is 466 g/mol. The lowest BCUT2D eigenvalue weighted by Gasteiger charge is -2.08. The molecule has 11 heteroatoms. The summed E-state index contributed by atoms with van der Waals surface area (Å²) >= 11 is 3.20. The molecule has 0 radical (unpaired) electrons. The van der Waals surface area contributed by atoms with Gasteiger partial charge in [-0.05, 0) is 33.6 Å². The molecule has 8 nitrogen and oxygen atoms in total. The van der Waals surface area contributed by atoms with Crippen molar-refractivity contribution in [2.45, 2.75) is 6.42 Å². The molecule has 0 unspecified atom stereocenters. The minimum absolute atomic E-state index is 0.0116. The maximum absolute atomic E-state index is 12.0. The van der Waals surface area contributed by atoms with Gasteiger partial charge in [0.2, 0.25) is 0 Å². The summed E-state index contributed by atoms with van der Waals surface area (Å²) in [5.74, 6) is 1.02. The normalized spacial score (nSPS) is 11.1. The van der Waals surface area contributed by atoms with E-state index in [1.165, 1.54) is 13.2 Å². The number of carbonyl (C=O) groups excluding carboxylic acids is 2. The van der Waals surface area contributed by atoms with Crippen molar-refractivity contribution in [3.63, 3.8) is 0 Å². The molecule has 26 heavy (non-hydrogen) atoms. The zero-order valence-corrected chi connectivity index (χ0v) is 17.2. The van der Waals surface area contributed by atoms with Crippen LogP contribution in [0.2, 0.25) is 0 Å². The average Bonchev–Trinajstić information content (AvgIpc) is 2.64. The predicted molar refractivity (Wildman–Crippen MR) is 107 cm³/mol. The molecule has 1 aromatic carbocycles. The van der Waals surface area contributed by atoms with Crippen molar-refractivity contribution >= 4 is 55.2 Å². The first-order valence-corrected chi connectivity index (χ1v) is 10.8. The number of carbonyl (C=O) groups is 2. The van der Waals surface area contributed by atoms with Crippen molar-refractivity contribution in [3.05, 3.63) is 28.2 Å². The highest BCUT2D eigenvalue weighted by Gasteiger charge is 2.13. The molecule has 0 aliphatic rings. The summed E-state index contributed by atoms with van der Waals surface area (Å²) in [6.45, 7) is 0.916. The molecule has 144 valence electrons. The number of benzene rings is 1. The highest BCUT2D eigenvalue weighted by atomic mass is 79.9. The summed E-state index contributed by atoms with van der Waals surface area (Å²) in [5.41, 5.74) is 0.711. The van der Waals surface area contributed by atoms with Crippen molar-refractivity contribution in [3.8, 4) is 5.75 Å². The number of nitrogens with zero attached hydrogens (tertiary/aromatic N) is 1. The third kappa shape index (κ3) is 8.68. The molecule has 0 heterocycles. The van der Waals surface area contributed by atoms with Crippen LogP contribution in [0.5, 0.6) is 5.75 Å². The molecule has 0 aliphatic carbocycles. The maximum Gasteiger partial charge on any atom is 0.406 e. The van der Waals surface area contributed by atoms with Crippen molar-refractivity contribution in [2.75, 3.05) is 31.7 Å². The van der Waals surface area contributed by atoms with E-state index in [1.807, 2.05) is 0 Å². The van der Waals surface area contributed by atoms with Gasteiger partial charge in [0, 0.05) is 31.0 Å². The Morgan fingerprint density at radius 3 is 2.46 bits per heavy atom. The van der Waals surface area contributed by atoms with E-state index in [-0.39, 0.29) is 17.9 Å². The fourth-order valence-electron chi connectivity index (χ4n) is 1.71. The topological polar surface area (TPSA) is 120 Å². The van der Waals surface area contributed by atoms with Crippen molar-refractivity contribution in [1.82, 2.24) is 10.6 Å². The zero-order chi connectivity index (χ0) is 19.4. The van der Waals surface area contributed by atoms with E-state index in [9.17, 15) is 14.7 Å². The van der Waals surface area contributed by atoms with Gasteiger partial charge in [0.25, 0.3) is 5.91 Å². The summed E-state index contributed by atoms with van der Waals surface area (Å²) in [6.07, 6.45) is -0.318. The molecule has 0 fully saturated rings. The molecule has 0 aromatic heterocycles. The van der Waals surface area contributed by atoms with Crippen LogP contribution in [-0.4, -0.2) is 59.7 Å². The number of phenolic OH excluding ortho intramolecular Hbond substituents is 1. The van der Waals surface area contributed by atoms with Gasteiger partial charge >= 0.3 is 6.09 Å². The number of aromatic hydroxyl groups is 1. The van der Waals surface area contributed by atoms with Crippen LogP contribution in [-0.2, 0) is 16.0 Å². The van der Waals surface area contributed by atoms with Gasteiger partial charge in [-0.15, -0.1) is 0 Å². The van der Waals surface area contributed by atoms with Gasteiger partial charge in [-0.3, -0.25) is 4.79 Å². The first-order valence-electron chi connectivity index (χ1n) is 7.50. The molecule has 0 saturated carbocycles. The second-order valence-electron chi connectivity index (χ2n) is 4.83. The number of halogens is 1. The molecule has 1 rings (SSSR count). The number of ether oxygens (including phenoxy) is 1. The second-order valence-corrected chi connectivity index (χ2v) is 8.38. The fourth-order valence-corrected chi connectivity index (χ4v) is 3.95. The standard InChI is InChI=1S/C15H20BrN3O5S2/c1-24-15(22)18-5-7-26-25-6-4-17-14(21)12(19-23)9-10-2-3-13(20)11(16)8-10/h2-3,8,20,23H,4-7,9H2,1H3,(H,17,21)(H,18,22)/b19-12+. The van der Waals surface area contributed by atoms with Crippen LogP contribution in [0, 0.1) is 0 Å². The number of rotatable bonds is 10. The Kier molecular flexibility index (Phi) is 11.0. The molecule has 4 N–H and O–H groups in total. The van der Waals surface area contributed by atoms with Crippen molar-refractivity contribution in [2.24, 2.45) is 5.16 Å². The number of nitrogens with one attached hydrogen (secondary N) is 2. The fraction of sp³-hybridized carbons (Fsp3) is 0.400. The van der Waals surface area contributed by atoms with Crippen LogP contribution in [0.3, 0.4) is 0 Å². The lowest BCUT2D eigenvalue weighted by molar-refractivity contribution is -0.114. The van der Waals surface area contributed by atoms with E-state index < -0.39 is 12.0 Å². The van der Waals surface area contributed by atoms with Crippen LogP contribution >= 0.6 is 37.5 Å². The molecule has 0 atom stereocenters. The smallest absolute Gasteiger partial charge is 0.406 e. The third-order valence-corrected chi connectivity index (χ3v) is 6.00. The van der Waals surface area contributed by atoms with Crippen LogP contribution in [0.25, 0.3) is 0 Å². The Morgan fingerprint density at radius 1 is 1.23 bits per heavy atom. The van der Waals surface area contributed by atoms with E-state index in [4.69, 9.17) is 5.21 Å². The summed E-state index contributed by atoms with van der Waals surface area (Å²) in [6, 6.07) is 4.80. The van der Waals surface area contributed by atoms with Crippen LogP contribution in [0.1, 0.15) is 5.56 Å². The van der Waals surface area contributed by atoms with Crippen LogP contribution < -0.4 is 10.6 Å². The lowest BCUT2D eigenvalue weighted by atomic mass is 10.1. The number of oxime groups is 1. The zero-order valence-electron chi connectivity index (χ0n) is 14.0. The minimum atomic E-state index is -0.459. The molecular weight excluding hydrogens is 446 g/mol. The number of amides is 2. The van der Waals surface area contributed by atoms with Gasteiger partial charge in [0.15, 0.2) is 0 Å².